The summed E-state index contributed by atoms with van der Waals surface area (Å²) in [5.74, 6) is -0.246. The Balaban J connectivity index is 1.87. The maximum Gasteiger partial charge on any atom is 0.770 e. The van der Waals surface area contributed by atoms with Crippen molar-refractivity contribution in [1.29, 1.82) is 0 Å². The quantitative estimate of drug-likeness (QED) is 0.454. The van der Waals surface area contributed by atoms with Crippen molar-refractivity contribution in [3.05, 3.63) is 72.3 Å². The van der Waals surface area contributed by atoms with E-state index in [1.165, 1.54) is 12.1 Å². The summed E-state index contributed by atoms with van der Waals surface area (Å²) < 4.78 is 21.0. The molecular formula is C17H12O5Si. The summed E-state index contributed by atoms with van der Waals surface area (Å²) in [4.78, 5) is 21.2. The summed E-state index contributed by atoms with van der Waals surface area (Å²) >= 11 is 0. The Kier molecular flexibility index (Phi) is 4.16. The molecule has 0 bridgehead atoms. The average Bonchev–Trinajstić information content (AvgIpc) is 2.54. The van der Waals surface area contributed by atoms with E-state index in [4.69, 9.17) is 14.0 Å². The van der Waals surface area contributed by atoms with Crippen molar-refractivity contribution in [1.82, 2.24) is 0 Å². The topological polar surface area (TPSA) is 72.8 Å². The Morgan fingerprint density at radius 3 is 2.39 bits per heavy atom. The third-order valence-corrected chi connectivity index (χ3v) is 3.63. The molecule has 0 saturated carbocycles. The maximum absolute atomic E-state index is 12.3. The lowest BCUT2D eigenvalue weighted by Crippen LogP contribution is -2.15. The van der Waals surface area contributed by atoms with E-state index in [2.05, 4.69) is 0 Å². The normalized spacial score (nSPS) is 10.3. The van der Waals surface area contributed by atoms with Gasteiger partial charge in [0, 0.05) is 0 Å². The van der Waals surface area contributed by atoms with Crippen LogP contribution in [0.1, 0.15) is 10.4 Å². The van der Waals surface area contributed by atoms with Gasteiger partial charge in [0.05, 0.1) is 0 Å². The van der Waals surface area contributed by atoms with E-state index in [1.807, 2.05) is 30.3 Å². The smallest absolute Gasteiger partial charge is 0.511 e. The number of hydrogen-bond acceptors (Lipinski definition) is 4. The molecule has 6 heteroatoms. The first-order valence-corrected chi connectivity index (χ1v) is 8.10. The summed E-state index contributed by atoms with van der Waals surface area (Å²) in [5, 5.41) is 1.98. The molecule has 0 heterocycles. The second-order valence-electron chi connectivity index (χ2n) is 4.76. The van der Waals surface area contributed by atoms with Crippen LogP contribution in [0.15, 0.2) is 66.7 Å². The highest BCUT2D eigenvalue weighted by atomic mass is 28.3. The number of hydrogen-bond donors (Lipinski definition) is 1. The van der Waals surface area contributed by atoms with E-state index in [1.54, 1.807) is 24.3 Å². The first-order chi connectivity index (χ1) is 11.1. The average molecular weight is 324 g/mol. The molecule has 0 radical (unpaired) electrons. The van der Waals surface area contributed by atoms with Crippen LogP contribution in [0.4, 0.5) is 0 Å². The van der Waals surface area contributed by atoms with Crippen LogP contribution < -0.4 is 9.16 Å². The zero-order valence-corrected chi connectivity index (χ0v) is 12.9. The van der Waals surface area contributed by atoms with Crippen molar-refractivity contribution >= 4 is 25.9 Å². The monoisotopic (exact) mass is 324 g/mol. The molecule has 0 amide bonds. The van der Waals surface area contributed by atoms with Gasteiger partial charge in [0.2, 0.25) is 0 Å². The molecule has 0 aliphatic heterocycles. The molecule has 0 fully saturated rings. The second kappa shape index (κ2) is 6.41. The summed E-state index contributed by atoms with van der Waals surface area (Å²) in [6.45, 7) is 0. The molecule has 0 atom stereocenters. The van der Waals surface area contributed by atoms with Crippen LogP contribution in [0, 0.1) is 0 Å². The minimum absolute atomic E-state index is 0.0182. The predicted molar refractivity (Wildman–Crippen MR) is 84.6 cm³/mol. The van der Waals surface area contributed by atoms with Crippen LogP contribution in [0.2, 0.25) is 0 Å². The van der Waals surface area contributed by atoms with Crippen molar-refractivity contribution in [2.45, 2.75) is 0 Å². The lowest BCUT2D eigenvalue weighted by Gasteiger charge is -2.09. The summed E-state index contributed by atoms with van der Waals surface area (Å²) in [6.07, 6.45) is 0. The molecular weight excluding hydrogens is 312 g/mol. The van der Waals surface area contributed by atoms with Crippen LogP contribution in [0.3, 0.4) is 0 Å². The first-order valence-electron chi connectivity index (χ1n) is 6.84. The van der Waals surface area contributed by atoms with Crippen LogP contribution in [0.5, 0.6) is 11.5 Å². The zero-order valence-electron chi connectivity index (χ0n) is 11.9. The number of fused-ring (bicyclic) bond motifs is 1. The molecule has 0 aromatic heterocycles. The van der Waals surface area contributed by atoms with Crippen molar-refractivity contribution < 1.29 is 23.2 Å². The van der Waals surface area contributed by atoms with E-state index in [-0.39, 0.29) is 11.3 Å². The molecule has 0 unspecified atom stereocenters. The lowest BCUT2D eigenvalue weighted by molar-refractivity contribution is 0.0733. The van der Waals surface area contributed by atoms with E-state index in [0.29, 0.717) is 5.75 Å². The molecule has 23 heavy (non-hydrogen) atoms. The van der Waals surface area contributed by atoms with Gasteiger partial charge in [-0.15, -0.1) is 0 Å². The molecule has 3 aromatic carbocycles. The molecule has 0 aliphatic rings. The fourth-order valence-electron chi connectivity index (χ4n) is 2.21. The van der Waals surface area contributed by atoms with E-state index < -0.39 is 15.1 Å². The van der Waals surface area contributed by atoms with Gasteiger partial charge < -0.3 is 14.0 Å². The van der Waals surface area contributed by atoms with Gasteiger partial charge in [-0.2, -0.15) is 0 Å². The highest BCUT2D eigenvalue weighted by Crippen LogP contribution is 2.24. The molecule has 3 aromatic rings. The van der Waals surface area contributed by atoms with E-state index in [9.17, 15) is 9.26 Å². The van der Waals surface area contributed by atoms with Gasteiger partial charge in [0.15, 0.2) is 0 Å². The summed E-state index contributed by atoms with van der Waals surface area (Å²) in [6, 6.07) is 19.2. The van der Waals surface area contributed by atoms with Gasteiger partial charge in [-0.1, -0.05) is 42.5 Å². The Morgan fingerprint density at radius 1 is 0.913 bits per heavy atom. The second-order valence-corrected chi connectivity index (χ2v) is 5.50. The Bertz CT molecular complexity index is 891. The predicted octanol–water partition coefficient (Wildman–Crippen LogP) is 2.85. The molecule has 0 saturated heterocycles. The zero-order chi connectivity index (χ0) is 16.2. The van der Waals surface area contributed by atoms with Crippen molar-refractivity contribution in [2.75, 3.05) is 0 Å². The van der Waals surface area contributed by atoms with Crippen molar-refractivity contribution in [3.63, 3.8) is 0 Å². The molecule has 114 valence electrons. The van der Waals surface area contributed by atoms with Gasteiger partial charge >= 0.3 is 15.1 Å². The number of para-hydroxylation sites is 1. The van der Waals surface area contributed by atoms with Crippen molar-refractivity contribution in [3.8, 4) is 11.5 Å². The fraction of sp³-hybridized carbons (Fsp3) is 0. The standard InChI is InChI=1S/C17H12O5Si/c18-17(15-7-3-4-8-16(15)22-23(19)20)21-14-10-9-12-5-1-2-6-13(12)11-14/h1-11,19H. The van der Waals surface area contributed by atoms with Crippen LogP contribution in [-0.4, -0.2) is 19.9 Å². The molecule has 0 aliphatic carbocycles. The summed E-state index contributed by atoms with van der Waals surface area (Å²) in [5.41, 5.74) is 0.0908. The highest BCUT2D eigenvalue weighted by molar-refractivity contribution is 6.25. The number of rotatable bonds is 4. The first kappa shape index (κ1) is 14.9. The molecule has 3 rings (SSSR count). The van der Waals surface area contributed by atoms with Crippen LogP contribution in [-0.2, 0) is 4.46 Å². The van der Waals surface area contributed by atoms with Crippen LogP contribution >= 0.6 is 0 Å². The molecule has 5 nitrogen and oxygen atoms in total. The lowest BCUT2D eigenvalue weighted by atomic mass is 10.1. The van der Waals surface area contributed by atoms with Gasteiger partial charge in [0.1, 0.15) is 17.1 Å². The minimum Gasteiger partial charge on any atom is -0.511 e. The van der Waals surface area contributed by atoms with Gasteiger partial charge in [-0.25, -0.2) is 4.79 Å². The van der Waals surface area contributed by atoms with Gasteiger partial charge in [-0.3, -0.25) is 4.46 Å². The third kappa shape index (κ3) is 3.43. The fourth-order valence-corrected chi connectivity index (χ4v) is 2.58. The van der Waals surface area contributed by atoms with E-state index >= 15 is 0 Å². The largest absolute Gasteiger partial charge is 0.770 e. The van der Waals surface area contributed by atoms with Gasteiger partial charge in [-0.05, 0) is 35.0 Å². The Morgan fingerprint density at radius 2 is 1.61 bits per heavy atom. The molecule has 1 N–H and O–H groups in total. The third-order valence-electron chi connectivity index (χ3n) is 3.24. The highest BCUT2D eigenvalue weighted by Gasteiger charge is 2.17. The Labute approximate surface area is 133 Å². The Hall–Kier alpha value is -2.99. The van der Waals surface area contributed by atoms with Crippen molar-refractivity contribution in [2.24, 2.45) is 0 Å². The summed E-state index contributed by atoms with van der Waals surface area (Å²) in [7, 11) is -3.20. The number of ether oxygens (including phenoxy) is 1. The molecule has 0 spiro atoms. The van der Waals surface area contributed by atoms with E-state index in [0.717, 1.165) is 10.8 Å². The number of esters is 1. The van der Waals surface area contributed by atoms with Gasteiger partial charge in [0.25, 0.3) is 0 Å². The van der Waals surface area contributed by atoms with Crippen LogP contribution in [0.25, 0.3) is 10.8 Å². The SMILES string of the molecule is O=C(Oc1ccc2ccccc2c1)c1ccccc1O[Si](=O)O. The number of benzene rings is 3. The maximum atomic E-state index is 12.3. The minimum atomic E-state index is -3.20. The number of carbonyl (C=O) groups is 1. The number of carbonyl (C=O) groups excluding carboxylic acids is 1.